The Morgan fingerprint density at radius 2 is 2.15 bits per heavy atom. The second-order valence-corrected chi connectivity index (χ2v) is 2.20. The molecule has 8 heteroatoms. The topological polar surface area (TPSA) is 147 Å². The van der Waals surface area contributed by atoms with Gasteiger partial charge in [-0.05, 0) is 10.6 Å². The van der Waals surface area contributed by atoms with Crippen LogP contribution in [0.1, 0.15) is 0 Å². The van der Waals surface area contributed by atoms with Crippen molar-refractivity contribution in [2.45, 2.75) is 11.8 Å². The zero-order chi connectivity index (χ0) is 10.5. The summed E-state index contributed by atoms with van der Waals surface area (Å²) in [5, 5.41) is 37.5. The minimum absolute atomic E-state index is 0.971. The monoisotopic (exact) mass is 191 g/mol. The van der Waals surface area contributed by atoms with Crippen LogP contribution in [0.4, 0.5) is 0 Å². The van der Waals surface area contributed by atoms with Crippen LogP contribution in [0.2, 0.25) is 0 Å². The lowest BCUT2D eigenvalue weighted by Crippen LogP contribution is -2.50. The highest BCUT2D eigenvalue weighted by Gasteiger charge is 2.41. The fraction of sp³-hybridized carbons (Fsp3) is 0.800. The number of aliphatic hydroxyl groups excluding tert-OH is 3. The minimum Gasteiger partial charge on any atom is -0.394 e. The van der Waals surface area contributed by atoms with Crippen molar-refractivity contribution in [2.24, 2.45) is 5.11 Å². The molecule has 0 heterocycles. The number of carbonyl (C=O) groups excluding carboxylic acids is 1. The van der Waals surface area contributed by atoms with Gasteiger partial charge in [0, 0.05) is 4.91 Å². The van der Waals surface area contributed by atoms with Crippen molar-refractivity contribution < 1.29 is 25.2 Å². The van der Waals surface area contributed by atoms with E-state index in [1.54, 1.807) is 0 Å². The Hall–Kier alpha value is -1.18. The molecule has 0 aromatic carbocycles. The Kier molecular flexibility index (Phi) is 4.32. The van der Waals surface area contributed by atoms with Crippen LogP contribution in [0, 0.1) is 0 Å². The van der Waals surface area contributed by atoms with Gasteiger partial charge in [-0.3, -0.25) is 4.79 Å². The summed E-state index contributed by atoms with van der Waals surface area (Å²) in [4.78, 5) is 12.9. The average Bonchev–Trinajstić information content (AvgIpc) is 2.15. The molecular formula is C5H9N3O5. The molecule has 0 amide bonds. The first-order valence-electron chi connectivity index (χ1n) is 3.24. The summed E-state index contributed by atoms with van der Waals surface area (Å²) in [6.45, 7) is -2.08. The predicted octanol–water partition coefficient (Wildman–Crippen LogP) is -2.10. The van der Waals surface area contributed by atoms with Gasteiger partial charge in [0.05, 0.1) is 6.61 Å². The molecular weight excluding hydrogens is 182 g/mol. The van der Waals surface area contributed by atoms with Gasteiger partial charge in [0.25, 0.3) is 0 Å². The van der Waals surface area contributed by atoms with Gasteiger partial charge in [-0.2, -0.15) is 0 Å². The Morgan fingerprint density at radius 1 is 1.62 bits per heavy atom. The Bertz CT molecular complexity index is 238. The van der Waals surface area contributed by atoms with Crippen molar-refractivity contribution in [3.8, 4) is 0 Å². The van der Waals surface area contributed by atoms with Crippen molar-refractivity contribution in [3.05, 3.63) is 10.4 Å². The summed E-state index contributed by atoms with van der Waals surface area (Å²) in [6, 6.07) is 0. The summed E-state index contributed by atoms with van der Waals surface area (Å²) in [5.74, 6) is -1.29. The maximum absolute atomic E-state index is 10.8. The number of hydrogen-bond donors (Lipinski definition) is 4. The van der Waals surface area contributed by atoms with Crippen LogP contribution in [-0.2, 0) is 4.79 Å². The molecule has 0 spiro atoms. The first-order valence-corrected chi connectivity index (χ1v) is 3.24. The molecule has 0 fully saturated rings. The Labute approximate surface area is 72.7 Å². The fourth-order valence-corrected chi connectivity index (χ4v) is 0.620. The van der Waals surface area contributed by atoms with Gasteiger partial charge in [0.2, 0.25) is 5.72 Å². The molecule has 0 radical (unpaired) electrons. The van der Waals surface area contributed by atoms with Crippen LogP contribution < -0.4 is 0 Å². The van der Waals surface area contributed by atoms with Crippen LogP contribution in [0.25, 0.3) is 10.4 Å². The summed E-state index contributed by atoms with van der Waals surface area (Å²) < 4.78 is 0. The number of azide groups is 1. The van der Waals surface area contributed by atoms with Crippen molar-refractivity contribution in [1.82, 2.24) is 0 Å². The predicted molar refractivity (Wildman–Crippen MR) is 39.3 cm³/mol. The molecule has 0 aliphatic heterocycles. The van der Waals surface area contributed by atoms with E-state index in [2.05, 4.69) is 10.0 Å². The molecule has 0 aromatic rings. The third-order valence-electron chi connectivity index (χ3n) is 1.39. The zero-order valence-corrected chi connectivity index (χ0v) is 6.53. The normalized spacial score (nSPS) is 16.9. The Balaban J connectivity index is 4.92. The van der Waals surface area contributed by atoms with E-state index >= 15 is 0 Å². The molecule has 0 aromatic heterocycles. The Morgan fingerprint density at radius 3 is 2.46 bits per heavy atom. The van der Waals surface area contributed by atoms with E-state index in [9.17, 15) is 9.90 Å². The van der Waals surface area contributed by atoms with Crippen LogP contribution in [0.15, 0.2) is 5.11 Å². The maximum atomic E-state index is 10.8. The van der Waals surface area contributed by atoms with E-state index < -0.39 is 30.8 Å². The van der Waals surface area contributed by atoms with E-state index in [1.165, 1.54) is 0 Å². The van der Waals surface area contributed by atoms with E-state index in [1.807, 2.05) is 0 Å². The molecule has 0 aliphatic carbocycles. The second kappa shape index (κ2) is 4.75. The highest BCUT2D eigenvalue weighted by atomic mass is 16.4. The van der Waals surface area contributed by atoms with Gasteiger partial charge < -0.3 is 20.4 Å². The van der Waals surface area contributed by atoms with Crippen molar-refractivity contribution in [1.29, 1.82) is 0 Å². The molecule has 8 nitrogen and oxygen atoms in total. The van der Waals surface area contributed by atoms with E-state index in [-0.39, 0.29) is 0 Å². The zero-order valence-electron chi connectivity index (χ0n) is 6.53. The van der Waals surface area contributed by atoms with Gasteiger partial charge in [-0.1, -0.05) is 0 Å². The number of carbonyl (C=O) groups is 1. The van der Waals surface area contributed by atoms with Gasteiger partial charge in [0.15, 0.2) is 5.78 Å². The molecule has 0 aliphatic rings. The number of ketones is 1. The van der Waals surface area contributed by atoms with Crippen LogP contribution in [-0.4, -0.2) is 51.3 Å². The molecule has 4 N–H and O–H groups in total. The van der Waals surface area contributed by atoms with Gasteiger partial charge in [-0.15, -0.1) is 0 Å². The molecule has 2 atom stereocenters. The largest absolute Gasteiger partial charge is 0.394 e. The number of rotatable bonds is 5. The van der Waals surface area contributed by atoms with Gasteiger partial charge in [-0.25, -0.2) is 0 Å². The smallest absolute Gasteiger partial charge is 0.232 e. The third-order valence-corrected chi connectivity index (χ3v) is 1.39. The molecule has 74 valence electrons. The standard InChI is InChI=1S/C5H9N3O5/c6-8-7-5(13,3(11)1-9)4(12)2-10/h3,9-11,13H,1-2H2/t3-,5-/m1/s1. The number of aliphatic hydroxyl groups is 4. The number of nitrogens with zero attached hydrogens (tertiary/aromatic N) is 3. The maximum Gasteiger partial charge on any atom is 0.232 e. The lowest BCUT2D eigenvalue weighted by molar-refractivity contribution is -0.155. The van der Waals surface area contributed by atoms with Gasteiger partial charge >= 0.3 is 0 Å². The molecule has 13 heavy (non-hydrogen) atoms. The number of Topliss-reactive ketones (excluding diaryl/α,β-unsaturated/α-hetero) is 1. The second-order valence-electron chi connectivity index (χ2n) is 2.20. The average molecular weight is 191 g/mol. The lowest BCUT2D eigenvalue weighted by atomic mass is 10.0. The first kappa shape index (κ1) is 11.8. The summed E-state index contributed by atoms with van der Waals surface area (Å²) in [5.41, 5.74) is 5.16. The van der Waals surface area contributed by atoms with Crippen LogP contribution in [0.5, 0.6) is 0 Å². The van der Waals surface area contributed by atoms with Crippen molar-refractivity contribution in [2.75, 3.05) is 13.2 Å². The molecule has 0 rings (SSSR count). The molecule has 0 unspecified atom stereocenters. The summed E-state index contributed by atoms with van der Waals surface area (Å²) >= 11 is 0. The lowest BCUT2D eigenvalue weighted by Gasteiger charge is -2.24. The fourth-order valence-electron chi connectivity index (χ4n) is 0.620. The molecule has 0 bridgehead atoms. The van der Waals surface area contributed by atoms with E-state index in [0.717, 1.165) is 0 Å². The molecule has 0 saturated heterocycles. The van der Waals surface area contributed by atoms with E-state index in [0.29, 0.717) is 0 Å². The molecule has 0 saturated carbocycles. The summed E-state index contributed by atoms with van der Waals surface area (Å²) in [7, 11) is 0. The SMILES string of the molecule is [N-]=[N+]=N[C@](O)(C(=O)CO)[C@H](O)CO. The minimum atomic E-state index is -2.81. The van der Waals surface area contributed by atoms with Crippen molar-refractivity contribution in [3.63, 3.8) is 0 Å². The van der Waals surface area contributed by atoms with E-state index in [4.69, 9.17) is 20.9 Å². The first-order chi connectivity index (χ1) is 6.02. The third kappa shape index (κ3) is 2.38. The highest BCUT2D eigenvalue weighted by molar-refractivity contribution is 5.88. The number of hydrogen-bond acceptors (Lipinski definition) is 6. The van der Waals surface area contributed by atoms with Gasteiger partial charge in [0.1, 0.15) is 12.7 Å². The highest BCUT2D eigenvalue weighted by Crippen LogP contribution is 2.14. The van der Waals surface area contributed by atoms with Crippen LogP contribution in [0.3, 0.4) is 0 Å². The summed E-state index contributed by atoms with van der Waals surface area (Å²) in [6.07, 6.45) is -1.96. The quantitative estimate of drug-likeness (QED) is 0.223. The van der Waals surface area contributed by atoms with Crippen molar-refractivity contribution >= 4 is 5.78 Å². The van der Waals surface area contributed by atoms with Crippen LogP contribution >= 0.6 is 0 Å².